The van der Waals surface area contributed by atoms with Crippen LogP contribution in [0.5, 0.6) is 0 Å². The Morgan fingerprint density at radius 3 is 2.55 bits per heavy atom. The van der Waals surface area contributed by atoms with Gasteiger partial charge in [-0.05, 0) is 6.92 Å². The summed E-state index contributed by atoms with van der Waals surface area (Å²) in [7, 11) is 1.55. The fourth-order valence-corrected chi connectivity index (χ4v) is 1.10. The minimum Gasteiger partial charge on any atom is -0.495 e. The van der Waals surface area contributed by atoms with Crippen LogP contribution in [0.25, 0.3) is 0 Å². The third-order valence-corrected chi connectivity index (χ3v) is 1.68. The summed E-state index contributed by atoms with van der Waals surface area (Å²) in [6.07, 6.45) is 3.27. The number of hydrogen-bond donors (Lipinski definition) is 0. The van der Waals surface area contributed by atoms with Gasteiger partial charge in [0.05, 0.1) is 18.3 Å². The van der Waals surface area contributed by atoms with Gasteiger partial charge < -0.3 is 4.74 Å². The standard InChI is InChI=1S/C9H10O2/c1-4-6-8(10)7(5-2)9(6)11-3/h4-5H,1H2,2-3H3. The zero-order valence-corrected chi connectivity index (χ0v) is 6.68. The number of ether oxygens (including phenoxy) is 1. The molecule has 0 spiro atoms. The second kappa shape index (κ2) is 2.74. The second-order valence-corrected chi connectivity index (χ2v) is 2.18. The molecule has 58 valence electrons. The third kappa shape index (κ3) is 0.909. The minimum atomic E-state index is 0.0272. The van der Waals surface area contributed by atoms with E-state index >= 15 is 0 Å². The van der Waals surface area contributed by atoms with Crippen LogP contribution in [0, 0.1) is 0 Å². The van der Waals surface area contributed by atoms with Crippen molar-refractivity contribution in [3.05, 3.63) is 35.6 Å². The smallest absolute Gasteiger partial charge is 0.200 e. The van der Waals surface area contributed by atoms with Crippen LogP contribution in [0.15, 0.2) is 35.6 Å². The molecular weight excluding hydrogens is 140 g/mol. The SMILES string of the molecule is C=CC1=C(OC)C(=CC)C1=O. The van der Waals surface area contributed by atoms with Gasteiger partial charge in [0.15, 0.2) is 5.78 Å². The molecule has 0 atom stereocenters. The highest BCUT2D eigenvalue weighted by molar-refractivity contribution is 6.20. The van der Waals surface area contributed by atoms with Gasteiger partial charge in [-0.2, -0.15) is 0 Å². The maximum Gasteiger partial charge on any atom is 0.200 e. The number of ketones is 1. The summed E-state index contributed by atoms with van der Waals surface area (Å²) in [5.41, 5.74) is 1.24. The maximum atomic E-state index is 11.1. The van der Waals surface area contributed by atoms with Crippen LogP contribution < -0.4 is 0 Å². The average molecular weight is 150 g/mol. The van der Waals surface area contributed by atoms with Gasteiger partial charge in [0.25, 0.3) is 0 Å². The highest BCUT2D eigenvalue weighted by atomic mass is 16.5. The molecule has 0 aliphatic heterocycles. The molecular formula is C9H10O2. The summed E-state index contributed by atoms with van der Waals surface area (Å²) in [6, 6.07) is 0. The van der Waals surface area contributed by atoms with E-state index in [1.54, 1.807) is 13.2 Å². The van der Waals surface area contributed by atoms with E-state index in [2.05, 4.69) is 6.58 Å². The zero-order chi connectivity index (χ0) is 8.43. The molecule has 0 amide bonds. The highest BCUT2D eigenvalue weighted by Crippen LogP contribution is 2.30. The topological polar surface area (TPSA) is 26.3 Å². The van der Waals surface area contributed by atoms with Crippen molar-refractivity contribution in [3.63, 3.8) is 0 Å². The van der Waals surface area contributed by atoms with Gasteiger partial charge >= 0.3 is 0 Å². The van der Waals surface area contributed by atoms with Crippen molar-refractivity contribution in [2.45, 2.75) is 6.92 Å². The molecule has 0 saturated heterocycles. The first-order chi connectivity index (χ1) is 5.26. The summed E-state index contributed by atoms with van der Waals surface area (Å²) >= 11 is 0. The molecule has 0 aromatic rings. The van der Waals surface area contributed by atoms with Crippen LogP contribution in [-0.2, 0) is 9.53 Å². The minimum absolute atomic E-state index is 0.0272. The average Bonchev–Trinajstić information content (AvgIpc) is 2.01. The molecule has 1 rings (SSSR count). The number of carbonyl (C=O) groups excluding carboxylic acids is 1. The highest BCUT2D eigenvalue weighted by Gasteiger charge is 2.31. The van der Waals surface area contributed by atoms with E-state index in [-0.39, 0.29) is 5.78 Å². The molecule has 0 aromatic heterocycles. The van der Waals surface area contributed by atoms with E-state index in [0.717, 1.165) is 0 Å². The summed E-state index contributed by atoms with van der Waals surface area (Å²) < 4.78 is 4.98. The molecule has 0 heterocycles. The fourth-order valence-electron chi connectivity index (χ4n) is 1.10. The van der Waals surface area contributed by atoms with Crippen molar-refractivity contribution < 1.29 is 9.53 Å². The number of allylic oxidation sites excluding steroid dienone is 4. The van der Waals surface area contributed by atoms with Gasteiger partial charge in [-0.15, -0.1) is 0 Å². The molecule has 1 aliphatic carbocycles. The van der Waals surface area contributed by atoms with Crippen molar-refractivity contribution in [3.8, 4) is 0 Å². The van der Waals surface area contributed by atoms with Gasteiger partial charge in [0, 0.05) is 0 Å². The fraction of sp³-hybridized carbons (Fsp3) is 0.222. The lowest BCUT2D eigenvalue weighted by Gasteiger charge is -2.21. The predicted octanol–water partition coefficient (Wildman–Crippen LogP) is 1.60. The van der Waals surface area contributed by atoms with Crippen LogP contribution in [0.4, 0.5) is 0 Å². The van der Waals surface area contributed by atoms with Crippen molar-refractivity contribution in [2.75, 3.05) is 7.11 Å². The number of carbonyl (C=O) groups is 1. The Labute approximate surface area is 65.9 Å². The zero-order valence-electron chi connectivity index (χ0n) is 6.68. The summed E-state index contributed by atoms with van der Waals surface area (Å²) in [6.45, 7) is 5.33. The van der Waals surface area contributed by atoms with Crippen molar-refractivity contribution in [1.82, 2.24) is 0 Å². The van der Waals surface area contributed by atoms with Crippen LogP contribution in [-0.4, -0.2) is 12.9 Å². The number of hydrogen-bond acceptors (Lipinski definition) is 2. The van der Waals surface area contributed by atoms with E-state index in [0.29, 0.717) is 16.9 Å². The van der Waals surface area contributed by atoms with E-state index in [9.17, 15) is 4.79 Å². The quantitative estimate of drug-likeness (QED) is 0.559. The Bertz CT molecular complexity index is 269. The van der Waals surface area contributed by atoms with Crippen LogP contribution in [0.2, 0.25) is 0 Å². The maximum absolute atomic E-state index is 11.1. The van der Waals surface area contributed by atoms with E-state index < -0.39 is 0 Å². The molecule has 2 nitrogen and oxygen atoms in total. The summed E-state index contributed by atoms with van der Waals surface area (Å²) in [4.78, 5) is 11.1. The lowest BCUT2D eigenvalue weighted by molar-refractivity contribution is -0.113. The first kappa shape index (κ1) is 7.79. The normalized spacial score (nSPS) is 20.2. The van der Waals surface area contributed by atoms with Crippen molar-refractivity contribution in [2.24, 2.45) is 0 Å². The Kier molecular flexibility index (Phi) is 1.94. The first-order valence-electron chi connectivity index (χ1n) is 3.38. The predicted molar refractivity (Wildman–Crippen MR) is 43.0 cm³/mol. The lowest BCUT2D eigenvalue weighted by atomic mass is 9.88. The molecule has 0 unspecified atom stereocenters. The van der Waals surface area contributed by atoms with Crippen molar-refractivity contribution >= 4 is 5.78 Å². The second-order valence-electron chi connectivity index (χ2n) is 2.18. The number of Topliss-reactive ketones (excluding diaryl/α,β-unsaturated/α-hetero) is 1. The molecule has 0 bridgehead atoms. The summed E-state index contributed by atoms with van der Waals surface area (Å²) in [5.74, 6) is 0.687. The Hall–Kier alpha value is -1.31. The molecule has 1 aliphatic rings. The van der Waals surface area contributed by atoms with E-state index in [1.165, 1.54) is 6.08 Å². The van der Waals surface area contributed by atoms with Gasteiger partial charge in [0.1, 0.15) is 5.76 Å². The molecule has 0 aromatic carbocycles. The number of rotatable bonds is 2. The third-order valence-electron chi connectivity index (χ3n) is 1.68. The number of methoxy groups -OCH3 is 1. The molecule has 0 N–H and O–H groups in total. The van der Waals surface area contributed by atoms with Gasteiger partial charge in [-0.3, -0.25) is 4.79 Å². The monoisotopic (exact) mass is 150 g/mol. The summed E-state index contributed by atoms with van der Waals surface area (Å²) in [5, 5.41) is 0. The first-order valence-corrected chi connectivity index (χ1v) is 3.38. The Balaban J connectivity index is 3.09. The van der Waals surface area contributed by atoms with Crippen LogP contribution in [0.1, 0.15) is 6.92 Å². The van der Waals surface area contributed by atoms with Gasteiger partial charge in [-0.25, -0.2) is 0 Å². The molecule has 11 heavy (non-hydrogen) atoms. The van der Waals surface area contributed by atoms with E-state index in [4.69, 9.17) is 4.74 Å². The molecule has 0 saturated carbocycles. The molecule has 0 radical (unpaired) electrons. The van der Waals surface area contributed by atoms with Crippen molar-refractivity contribution in [1.29, 1.82) is 0 Å². The molecule has 0 fully saturated rings. The van der Waals surface area contributed by atoms with Gasteiger partial charge in [-0.1, -0.05) is 18.7 Å². The van der Waals surface area contributed by atoms with Crippen LogP contribution in [0.3, 0.4) is 0 Å². The largest absolute Gasteiger partial charge is 0.495 e. The van der Waals surface area contributed by atoms with Gasteiger partial charge in [0.2, 0.25) is 0 Å². The Morgan fingerprint density at radius 2 is 2.18 bits per heavy atom. The van der Waals surface area contributed by atoms with E-state index in [1.807, 2.05) is 6.92 Å². The van der Waals surface area contributed by atoms with Crippen LogP contribution >= 0.6 is 0 Å². The lowest BCUT2D eigenvalue weighted by Crippen LogP contribution is -2.21. The Morgan fingerprint density at radius 1 is 1.55 bits per heavy atom. The molecule has 2 heteroatoms.